The second kappa shape index (κ2) is 8.27. The maximum Gasteiger partial charge on any atom is 0.435 e. The molecule has 0 radical (unpaired) electrons. The van der Waals surface area contributed by atoms with Crippen LogP contribution in [-0.4, -0.2) is 45.7 Å². The minimum absolute atomic E-state index is 0.0136. The molecule has 2 aromatic carbocycles. The van der Waals surface area contributed by atoms with E-state index in [1.807, 2.05) is 0 Å². The lowest BCUT2D eigenvalue weighted by Gasteiger charge is -2.13. The van der Waals surface area contributed by atoms with E-state index in [1.54, 1.807) is 55.4 Å². The number of nitrogens with zero attached hydrogens (tertiary/aromatic N) is 4. The number of alkyl halides is 3. The van der Waals surface area contributed by atoms with Crippen molar-refractivity contribution in [2.24, 2.45) is 0 Å². The number of H-pyrrole nitrogens is 1. The van der Waals surface area contributed by atoms with Gasteiger partial charge >= 0.3 is 6.18 Å². The molecule has 8 nitrogen and oxygen atoms in total. The Morgan fingerprint density at radius 3 is 2.49 bits per heavy atom. The van der Waals surface area contributed by atoms with Crippen LogP contribution in [0.15, 0.2) is 57.7 Å². The Morgan fingerprint density at radius 2 is 1.83 bits per heavy atom. The Hall–Kier alpha value is -4.12. The molecule has 5 rings (SSSR count). The predicted octanol–water partition coefficient (Wildman–Crippen LogP) is 4.59. The number of oxazole rings is 1. The third-order valence-electron chi connectivity index (χ3n) is 5.48. The van der Waals surface area contributed by atoms with Crippen LogP contribution in [0.1, 0.15) is 11.4 Å². The van der Waals surface area contributed by atoms with Gasteiger partial charge in [-0.25, -0.2) is 4.98 Å². The molecule has 0 unspecified atom stereocenters. The number of halogens is 3. The zero-order valence-corrected chi connectivity index (χ0v) is 19.0. The first kappa shape index (κ1) is 22.7. The lowest BCUT2D eigenvalue weighted by Crippen LogP contribution is -2.23. The van der Waals surface area contributed by atoms with E-state index in [0.29, 0.717) is 22.5 Å². The summed E-state index contributed by atoms with van der Waals surface area (Å²) in [5.41, 5.74) is -0.857. The largest absolute Gasteiger partial charge is 0.494 e. The Balaban J connectivity index is 1.87. The van der Waals surface area contributed by atoms with E-state index >= 15 is 0 Å². The molecule has 0 aliphatic heterocycles. The third-order valence-corrected chi connectivity index (χ3v) is 5.48. The fraction of sp³-hybridized carbons (Fsp3) is 0.208. The molecule has 3 heterocycles. The van der Waals surface area contributed by atoms with Crippen LogP contribution >= 0.6 is 0 Å². The molecule has 180 valence electrons. The molecule has 35 heavy (non-hydrogen) atoms. The van der Waals surface area contributed by atoms with E-state index in [-0.39, 0.29) is 34.8 Å². The van der Waals surface area contributed by atoms with Crippen molar-refractivity contribution in [3.8, 4) is 28.3 Å². The third kappa shape index (κ3) is 3.83. The minimum Gasteiger partial charge on any atom is -0.494 e. The lowest BCUT2D eigenvalue weighted by molar-refractivity contribution is -0.140. The number of ether oxygens (including phenoxy) is 1. The van der Waals surface area contributed by atoms with Gasteiger partial charge in [0, 0.05) is 12.2 Å². The Kier molecular flexibility index (Phi) is 5.36. The van der Waals surface area contributed by atoms with Gasteiger partial charge in [-0.15, -0.1) is 0 Å². The standard InChI is InChI=1S/C24H20F3N5O3/c1-31(2)12-14-18(22-29-19-15(34-3)10-7-11-16(19)35-22)23(33)32-21(28-14)17(13-8-5-4-6-9-13)20(30-32)24(25,26)27/h4-11,28H,12H2,1-3H3. The van der Waals surface area contributed by atoms with Crippen LogP contribution in [0.25, 0.3) is 39.3 Å². The van der Waals surface area contributed by atoms with Crippen molar-refractivity contribution >= 4 is 16.7 Å². The average Bonchev–Trinajstić information content (AvgIpc) is 3.41. The number of aromatic amines is 1. The Labute approximate surface area is 196 Å². The van der Waals surface area contributed by atoms with Gasteiger partial charge in [-0.05, 0) is 31.8 Å². The fourth-order valence-electron chi connectivity index (χ4n) is 4.05. The first-order valence-electron chi connectivity index (χ1n) is 10.6. The van der Waals surface area contributed by atoms with Gasteiger partial charge < -0.3 is 19.0 Å². The van der Waals surface area contributed by atoms with Crippen molar-refractivity contribution in [2.75, 3.05) is 21.2 Å². The summed E-state index contributed by atoms with van der Waals surface area (Å²) in [7, 11) is 5.03. The molecule has 0 saturated carbocycles. The monoisotopic (exact) mass is 483 g/mol. The number of benzene rings is 2. The molecule has 0 bridgehead atoms. The maximum atomic E-state index is 14.0. The van der Waals surface area contributed by atoms with Crippen molar-refractivity contribution in [3.63, 3.8) is 0 Å². The van der Waals surface area contributed by atoms with Crippen molar-refractivity contribution in [2.45, 2.75) is 12.7 Å². The molecule has 0 atom stereocenters. The summed E-state index contributed by atoms with van der Waals surface area (Å²) in [5, 5.41) is 3.69. The number of rotatable bonds is 5. The number of fused-ring (bicyclic) bond motifs is 2. The number of hydrogen-bond acceptors (Lipinski definition) is 6. The molecule has 0 saturated heterocycles. The minimum atomic E-state index is -4.79. The van der Waals surface area contributed by atoms with E-state index in [0.717, 1.165) is 4.52 Å². The molecule has 5 aromatic rings. The number of aromatic nitrogens is 4. The summed E-state index contributed by atoms with van der Waals surface area (Å²) >= 11 is 0. The van der Waals surface area contributed by atoms with E-state index in [2.05, 4.69) is 15.1 Å². The highest BCUT2D eigenvalue weighted by Crippen LogP contribution is 2.39. The van der Waals surface area contributed by atoms with Gasteiger partial charge in [0.2, 0.25) is 5.89 Å². The number of hydrogen-bond donors (Lipinski definition) is 1. The number of methoxy groups -OCH3 is 1. The lowest BCUT2D eigenvalue weighted by atomic mass is 10.1. The SMILES string of the molecule is COc1cccc2oc(-c3c(CN(C)C)[nH]c4c(-c5ccccc5)c(C(F)(F)F)nn4c3=O)nc12. The smallest absolute Gasteiger partial charge is 0.435 e. The molecular formula is C24H20F3N5O3. The summed E-state index contributed by atoms with van der Waals surface area (Å²) in [5.74, 6) is 0.392. The van der Waals surface area contributed by atoms with Crippen LogP contribution in [0.3, 0.4) is 0 Å². The predicted molar refractivity (Wildman–Crippen MR) is 123 cm³/mol. The van der Waals surface area contributed by atoms with Gasteiger partial charge in [-0.3, -0.25) is 4.79 Å². The molecule has 0 amide bonds. The van der Waals surface area contributed by atoms with Crippen molar-refractivity contribution in [1.82, 2.24) is 24.5 Å². The normalized spacial score (nSPS) is 12.2. The molecule has 1 N–H and O–H groups in total. The number of nitrogens with one attached hydrogen (secondary N) is 1. The van der Waals surface area contributed by atoms with E-state index in [1.165, 1.54) is 19.2 Å². The summed E-state index contributed by atoms with van der Waals surface area (Å²) < 4.78 is 53.9. The van der Waals surface area contributed by atoms with Crippen molar-refractivity contribution in [3.05, 3.63) is 70.3 Å². The highest BCUT2D eigenvalue weighted by molar-refractivity contribution is 5.84. The van der Waals surface area contributed by atoms with Crippen LogP contribution < -0.4 is 10.3 Å². The molecule has 0 aliphatic rings. The van der Waals surface area contributed by atoms with Crippen molar-refractivity contribution in [1.29, 1.82) is 0 Å². The van der Waals surface area contributed by atoms with Crippen LogP contribution in [0.4, 0.5) is 13.2 Å². The Morgan fingerprint density at radius 1 is 1.09 bits per heavy atom. The summed E-state index contributed by atoms with van der Waals surface area (Å²) in [4.78, 5) is 22.9. The molecule has 3 aromatic heterocycles. The van der Waals surface area contributed by atoms with Crippen molar-refractivity contribution < 1.29 is 22.3 Å². The van der Waals surface area contributed by atoms with Crippen LogP contribution in [0, 0.1) is 0 Å². The van der Waals surface area contributed by atoms with Crippen LogP contribution in [0.5, 0.6) is 5.75 Å². The second-order valence-corrected chi connectivity index (χ2v) is 8.20. The highest BCUT2D eigenvalue weighted by atomic mass is 19.4. The van der Waals surface area contributed by atoms with E-state index in [4.69, 9.17) is 9.15 Å². The highest BCUT2D eigenvalue weighted by Gasteiger charge is 2.39. The van der Waals surface area contributed by atoms with Gasteiger partial charge in [0.15, 0.2) is 16.8 Å². The summed E-state index contributed by atoms with van der Waals surface area (Å²) in [6.07, 6.45) is -4.79. The van der Waals surface area contributed by atoms with Gasteiger partial charge in [-0.1, -0.05) is 36.4 Å². The second-order valence-electron chi connectivity index (χ2n) is 8.20. The van der Waals surface area contributed by atoms with Gasteiger partial charge in [0.1, 0.15) is 17.0 Å². The quantitative estimate of drug-likeness (QED) is 0.394. The topological polar surface area (TPSA) is 88.7 Å². The van der Waals surface area contributed by atoms with Gasteiger partial charge in [0.25, 0.3) is 5.56 Å². The Bertz CT molecular complexity index is 1600. The number of para-hydroxylation sites is 1. The average molecular weight is 483 g/mol. The van der Waals surface area contributed by atoms with Gasteiger partial charge in [0.05, 0.1) is 12.7 Å². The van der Waals surface area contributed by atoms with E-state index in [9.17, 15) is 18.0 Å². The van der Waals surface area contributed by atoms with Gasteiger partial charge in [-0.2, -0.15) is 22.8 Å². The first-order valence-corrected chi connectivity index (χ1v) is 10.6. The zero-order valence-electron chi connectivity index (χ0n) is 19.0. The fourth-order valence-corrected chi connectivity index (χ4v) is 4.05. The summed E-state index contributed by atoms with van der Waals surface area (Å²) in [6.45, 7) is 0.206. The van der Waals surface area contributed by atoms with Crippen LogP contribution in [-0.2, 0) is 12.7 Å². The molecule has 0 spiro atoms. The molecule has 0 fully saturated rings. The van der Waals surface area contributed by atoms with Crippen LogP contribution in [0.2, 0.25) is 0 Å². The summed E-state index contributed by atoms with van der Waals surface area (Å²) in [6, 6.07) is 13.1. The first-order chi connectivity index (χ1) is 16.7. The molecular weight excluding hydrogens is 463 g/mol. The van der Waals surface area contributed by atoms with E-state index < -0.39 is 17.4 Å². The molecule has 0 aliphatic carbocycles. The zero-order chi connectivity index (χ0) is 24.9. The molecule has 11 heteroatoms. The maximum absolute atomic E-state index is 14.0.